The number of hydrogen-bond donors (Lipinski definition) is 0. The summed E-state index contributed by atoms with van der Waals surface area (Å²) in [4.78, 5) is 7.48. The second-order valence-corrected chi connectivity index (χ2v) is 10.1. The Bertz CT molecular complexity index is 919. The topological polar surface area (TPSA) is 53.5 Å². The molecule has 0 amide bonds. The molecule has 2 fully saturated rings. The molecular formula is C23H31N3O2S. The molecule has 0 N–H and O–H groups in total. The molecule has 0 saturated carbocycles. The molecule has 3 heterocycles. The summed E-state index contributed by atoms with van der Waals surface area (Å²) >= 11 is 0. The SMILES string of the molecule is Cc1ccc(S(=O)(=O)N2CCCC[C@@H]2c2cccnc2N2CCCCCC2)cc1. The van der Waals surface area contributed by atoms with Crippen LogP contribution in [0.2, 0.25) is 0 Å². The molecule has 2 saturated heterocycles. The van der Waals surface area contributed by atoms with Gasteiger partial charge in [0.1, 0.15) is 5.82 Å². The standard InChI is InChI=1S/C23H31N3O2S/c1-19-11-13-20(14-12-19)29(27,28)26-18-7-4-10-22(26)21-9-8-15-24-23(21)25-16-5-2-3-6-17-25/h8-9,11-15,22H,2-7,10,16-18H2,1H3/t22-/m1/s1. The lowest BCUT2D eigenvalue weighted by molar-refractivity contribution is 0.256. The van der Waals surface area contributed by atoms with E-state index in [4.69, 9.17) is 4.98 Å². The molecule has 0 unspecified atom stereocenters. The van der Waals surface area contributed by atoms with Crippen molar-refractivity contribution in [2.24, 2.45) is 0 Å². The molecule has 1 aromatic heterocycles. The van der Waals surface area contributed by atoms with Crippen molar-refractivity contribution in [3.63, 3.8) is 0 Å². The van der Waals surface area contributed by atoms with Gasteiger partial charge in [-0.3, -0.25) is 0 Å². The number of nitrogens with zero attached hydrogens (tertiary/aromatic N) is 3. The second-order valence-electron chi connectivity index (χ2n) is 8.26. The molecule has 0 bridgehead atoms. The van der Waals surface area contributed by atoms with Crippen LogP contribution in [0.3, 0.4) is 0 Å². The maximum absolute atomic E-state index is 13.5. The second kappa shape index (κ2) is 8.84. The minimum absolute atomic E-state index is 0.151. The van der Waals surface area contributed by atoms with Gasteiger partial charge in [0.15, 0.2) is 0 Å². The molecule has 2 aliphatic heterocycles. The lowest BCUT2D eigenvalue weighted by Gasteiger charge is -2.37. The molecule has 0 aliphatic carbocycles. The minimum atomic E-state index is -3.54. The van der Waals surface area contributed by atoms with Gasteiger partial charge in [-0.15, -0.1) is 0 Å². The first-order valence-corrected chi connectivity index (χ1v) is 12.3. The van der Waals surface area contributed by atoms with Crippen molar-refractivity contribution in [2.75, 3.05) is 24.5 Å². The van der Waals surface area contributed by atoms with Gasteiger partial charge in [-0.1, -0.05) is 43.0 Å². The van der Waals surface area contributed by atoms with E-state index in [1.54, 1.807) is 16.4 Å². The molecule has 4 rings (SSSR count). The van der Waals surface area contributed by atoms with E-state index in [0.717, 1.165) is 49.3 Å². The summed E-state index contributed by atoms with van der Waals surface area (Å²) in [7, 11) is -3.54. The first kappa shape index (κ1) is 20.4. The highest BCUT2D eigenvalue weighted by molar-refractivity contribution is 7.89. The van der Waals surface area contributed by atoms with Crippen LogP contribution in [-0.4, -0.2) is 37.3 Å². The van der Waals surface area contributed by atoms with Crippen LogP contribution in [0.1, 0.15) is 62.1 Å². The lowest BCUT2D eigenvalue weighted by Crippen LogP contribution is -2.39. The van der Waals surface area contributed by atoms with Crippen LogP contribution in [-0.2, 0) is 10.0 Å². The van der Waals surface area contributed by atoms with Crippen LogP contribution in [0, 0.1) is 6.92 Å². The quantitative estimate of drug-likeness (QED) is 0.730. The predicted octanol–water partition coefficient (Wildman–Crippen LogP) is 4.69. The number of sulfonamides is 1. The maximum atomic E-state index is 13.5. The Kier molecular flexibility index (Phi) is 6.20. The monoisotopic (exact) mass is 413 g/mol. The fraction of sp³-hybridized carbons (Fsp3) is 0.522. The van der Waals surface area contributed by atoms with E-state index in [1.807, 2.05) is 31.3 Å². The summed E-state index contributed by atoms with van der Waals surface area (Å²) < 4.78 is 28.8. The van der Waals surface area contributed by atoms with E-state index in [-0.39, 0.29) is 6.04 Å². The van der Waals surface area contributed by atoms with Crippen LogP contribution in [0.5, 0.6) is 0 Å². The largest absolute Gasteiger partial charge is 0.356 e. The molecule has 0 radical (unpaired) electrons. The van der Waals surface area contributed by atoms with Gasteiger partial charge in [-0.05, 0) is 50.8 Å². The summed E-state index contributed by atoms with van der Waals surface area (Å²) in [5.41, 5.74) is 2.12. The number of aryl methyl sites for hydroxylation is 1. The van der Waals surface area contributed by atoms with Gasteiger partial charge in [0, 0.05) is 31.4 Å². The van der Waals surface area contributed by atoms with E-state index in [0.29, 0.717) is 11.4 Å². The minimum Gasteiger partial charge on any atom is -0.356 e. The van der Waals surface area contributed by atoms with Crippen molar-refractivity contribution in [3.8, 4) is 0 Å². The van der Waals surface area contributed by atoms with Gasteiger partial charge >= 0.3 is 0 Å². The number of benzene rings is 1. The Balaban J connectivity index is 1.70. The third-order valence-corrected chi connectivity index (χ3v) is 8.09. The van der Waals surface area contributed by atoms with Crippen LogP contribution in [0.4, 0.5) is 5.82 Å². The Morgan fingerprint density at radius 1 is 0.897 bits per heavy atom. The molecular weight excluding hydrogens is 382 g/mol. The molecule has 156 valence electrons. The third-order valence-electron chi connectivity index (χ3n) is 6.16. The summed E-state index contributed by atoms with van der Waals surface area (Å²) in [6.07, 6.45) is 9.49. The zero-order valence-electron chi connectivity index (χ0n) is 17.3. The van der Waals surface area contributed by atoms with Crippen molar-refractivity contribution in [1.82, 2.24) is 9.29 Å². The van der Waals surface area contributed by atoms with Crippen molar-refractivity contribution in [1.29, 1.82) is 0 Å². The number of anilines is 1. The van der Waals surface area contributed by atoms with Crippen molar-refractivity contribution < 1.29 is 8.42 Å². The number of pyridine rings is 1. The van der Waals surface area contributed by atoms with Crippen molar-refractivity contribution in [3.05, 3.63) is 53.7 Å². The van der Waals surface area contributed by atoms with Gasteiger partial charge in [0.25, 0.3) is 0 Å². The van der Waals surface area contributed by atoms with Gasteiger partial charge in [-0.2, -0.15) is 4.31 Å². The van der Waals surface area contributed by atoms with Crippen LogP contribution in [0.15, 0.2) is 47.5 Å². The van der Waals surface area contributed by atoms with Crippen LogP contribution < -0.4 is 4.90 Å². The van der Waals surface area contributed by atoms with E-state index >= 15 is 0 Å². The molecule has 6 heteroatoms. The molecule has 29 heavy (non-hydrogen) atoms. The Labute approximate surface area is 174 Å². The highest BCUT2D eigenvalue weighted by Crippen LogP contribution is 2.39. The average Bonchev–Trinajstić information content (AvgIpc) is 3.04. The van der Waals surface area contributed by atoms with Crippen molar-refractivity contribution >= 4 is 15.8 Å². The first-order chi connectivity index (χ1) is 14.1. The lowest BCUT2D eigenvalue weighted by atomic mass is 9.97. The van der Waals surface area contributed by atoms with Gasteiger partial charge in [-0.25, -0.2) is 13.4 Å². The van der Waals surface area contributed by atoms with Crippen LogP contribution in [0.25, 0.3) is 0 Å². The molecule has 1 atom stereocenters. The zero-order chi connectivity index (χ0) is 20.3. The number of aromatic nitrogens is 1. The number of hydrogen-bond acceptors (Lipinski definition) is 4. The van der Waals surface area contributed by atoms with Gasteiger partial charge in [0.05, 0.1) is 10.9 Å². The fourth-order valence-corrected chi connectivity index (χ4v) is 6.24. The van der Waals surface area contributed by atoms with Crippen molar-refractivity contribution in [2.45, 2.75) is 62.8 Å². The Morgan fingerprint density at radius 2 is 1.59 bits per heavy atom. The fourth-order valence-electron chi connectivity index (χ4n) is 4.57. The highest BCUT2D eigenvalue weighted by atomic mass is 32.2. The normalized spacial score (nSPS) is 21.7. The molecule has 1 aromatic carbocycles. The molecule has 5 nitrogen and oxygen atoms in total. The smallest absolute Gasteiger partial charge is 0.243 e. The summed E-state index contributed by atoms with van der Waals surface area (Å²) in [5.74, 6) is 0.977. The van der Waals surface area contributed by atoms with Crippen LogP contribution >= 0.6 is 0 Å². The molecule has 2 aliphatic rings. The third kappa shape index (κ3) is 4.33. The Hall–Kier alpha value is -1.92. The van der Waals surface area contributed by atoms with E-state index < -0.39 is 10.0 Å². The number of piperidine rings is 1. The molecule has 2 aromatic rings. The van der Waals surface area contributed by atoms with Gasteiger partial charge < -0.3 is 4.90 Å². The van der Waals surface area contributed by atoms with E-state index in [2.05, 4.69) is 11.0 Å². The Morgan fingerprint density at radius 3 is 2.31 bits per heavy atom. The first-order valence-electron chi connectivity index (χ1n) is 10.9. The summed E-state index contributed by atoms with van der Waals surface area (Å²) in [5, 5.41) is 0. The zero-order valence-corrected chi connectivity index (χ0v) is 18.1. The average molecular weight is 414 g/mol. The number of rotatable bonds is 4. The van der Waals surface area contributed by atoms with E-state index in [1.165, 1.54) is 25.7 Å². The van der Waals surface area contributed by atoms with Gasteiger partial charge in [0.2, 0.25) is 10.0 Å². The summed E-state index contributed by atoms with van der Waals surface area (Å²) in [6, 6.07) is 11.1. The highest BCUT2D eigenvalue weighted by Gasteiger charge is 2.36. The van der Waals surface area contributed by atoms with E-state index in [9.17, 15) is 8.42 Å². The molecule has 0 spiro atoms. The maximum Gasteiger partial charge on any atom is 0.243 e. The predicted molar refractivity (Wildman–Crippen MR) is 117 cm³/mol. The summed E-state index contributed by atoms with van der Waals surface area (Å²) in [6.45, 7) is 4.54.